The van der Waals surface area contributed by atoms with Gasteiger partial charge in [0.05, 0.1) is 11.7 Å². The van der Waals surface area contributed by atoms with E-state index in [2.05, 4.69) is 24.8 Å². The predicted molar refractivity (Wildman–Crippen MR) is 72.0 cm³/mol. The first-order valence-electron chi connectivity index (χ1n) is 6.28. The van der Waals surface area contributed by atoms with Crippen molar-refractivity contribution in [3.05, 3.63) is 12.7 Å². The molecule has 0 radical (unpaired) electrons. The number of aromatic amines is 1. The van der Waals surface area contributed by atoms with Crippen LogP contribution in [0, 0.1) is 0 Å². The number of imidazole rings is 1. The third kappa shape index (κ3) is 1.92. The molecule has 0 aromatic carbocycles. The number of H-pyrrole nitrogens is 1. The molecule has 1 aliphatic carbocycles. The minimum Gasteiger partial charge on any atom is -0.353 e. The second kappa shape index (κ2) is 4.72. The Morgan fingerprint density at radius 2 is 2.11 bits per heavy atom. The highest BCUT2D eigenvalue weighted by Crippen LogP contribution is 2.30. The van der Waals surface area contributed by atoms with Crippen LogP contribution in [0.1, 0.15) is 25.7 Å². The summed E-state index contributed by atoms with van der Waals surface area (Å²) in [6, 6.07) is 0.335. The average molecular weight is 266 g/mol. The standard InChI is InChI=1S/C12H16ClN5/c1-18(9-5-3-2-4-8(9)13)12-10-11(15-6-14-10)16-7-17-12/h6-9H,2-5H2,1H3,(H,14,15,16,17). The zero-order valence-electron chi connectivity index (χ0n) is 10.3. The summed E-state index contributed by atoms with van der Waals surface area (Å²) in [6.07, 6.45) is 7.85. The minimum atomic E-state index is 0.191. The molecule has 0 spiro atoms. The van der Waals surface area contributed by atoms with Crippen molar-refractivity contribution < 1.29 is 0 Å². The van der Waals surface area contributed by atoms with Crippen molar-refractivity contribution in [1.29, 1.82) is 0 Å². The van der Waals surface area contributed by atoms with Crippen LogP contribution >= 0.6 is 11.6 Å². The van der Waals surface area contributed by atoms with Gasteiger partial charge in [0.25, 0.3) is 0 Å². The van der Waals surface area contributed by atoms with Gasteiger partial charge in [-0.15, -0.1) is 11.6 Å². The summed E-state index contributed by atoms with van der Waals surface area (Å²) in [5.74, 6) is 0.884. The van der Waals surface area contributed by atoms with Crippen molar-refractivity contribution in [2.24, 2.45) is 0 Å². The van der Waals surface area contributed by atoms with Crippen LogP contribution in [0.3, 0.4) is 0 Å². The van der Waals surface area contributed by atoms with E-state index in [-0.39, 0.29) is 5.38 Å². The van der Waals surface area contributed by atoms with Crippen molar-refractivity contribution in [2.75, 3.05) is 11.9 Å². The minimum absolute atomic E-state index is 0.191. The fourth-order valence-corrected chi connectivity index (χ4v) is 3.13. The van der Waals surface area contributed by atoms with Crippen molar-refractivity contribution >= 4 is 28.6 Å². The molecule has 5 nitrogen and oxygen atoms in total. The van der Waals surface area contributed by atoms with Gasteiger partial charge in [-0.1, -0.05) is 12.8 Å². The maximum absolute atomic E-state index is 6.44. The number of aromatic nitrogens is 4. The number of nitrogens with one attached hydrogen (secondary N) is 1. The van der Waals surface area contributed by atoms with E-state index in [0.29, 0.717) is 11.7 Å². The van der Waals surface area contributed by atoms with Gasteiger partial charge >= 0.3 is 0 Å². The molecule has 0 saturated heterocycles. The molecule has 1 N–H and O–H groups in total. The van der Waals surface area contributed by atoms with E-state index < -0.39 is 0 Å². The lowest BCUT2D eigenvalue weighted by Gasteiger charge is -2.35. The second-order valence-corrected chi connectivity index (χ2v) is 5.34. The summed E-state index contributed by atoms with van der Waals surface area (Å²) in [5, 5.41) is 0.191. The Balaban J connectivity index is 1.95. The Labute approximate surface area is 111 Å². The maximum atomic E-state index is 6.44. The van der Waals surface area contributed by atoms with Crippen molar-refractivity contribution in [1.82, 2.24) is 19.9 Å². The lowest BCUT2D eigenvalue weighted by Crippen LogP contribution is -2.41. The lowest BCUT2D eigenvalue weighted by molar-refractivity contribution is 0.433. The molecule has 0 aliphatic heterocycles. The molecule has 0 bridgehead atoms. The van der Waals surface area contributed by atoms with Crippen molar-refractivity contribution in [3.63, 3.8) is 0 Å². The van der Waals surface area contributed by atoms with Crippen LogP contribution in [0.15, 0.2) is 12.7 Å². The topological polar surface area (TPSA) is 57.7 Å². The summed E-state index contributed by atoms with van der Waals surface area (Å²) >= 11 is 6.44. The smallest absolute Gasteiger partial charge is 0.182 e. The lowest BCUT2D eigenvalue weighted by atomic mass is 9.94. The van der Waals surface area contributed by atoms with Gasteiger partial charge in [-0.05, 0) is 12.8 Å². The van der Waals surface area contributed by atoms with Crippen LogP contribution in [-0.2, 0) is 0 Å². The SMILES string of the molecule is CN(c1ncnc2nc[nH]c12)C1CCCCC1Cl. The molecule has 1 saturated carbocycles. The van der Waals surface area contributed by atoms with Gasteiger partial charge < -0.3 is 9.88 Å². The summed E-state index contributed by atoms with van der Waals surface area (Å²) in [4.78, 5) is 17.9. The molecule has 18 heavy (non-hydrogen) atoms. The number of fused-ring (bicyclic) bond motifs is 1. The number of hydrogen-bond donors (Lipinski definition) is 1. The maximum Gasteiger partial charge on any atom is 0.182 e. The highest BCUT2D eigenvalue weighted by atomic mass is 35.5. The molecule has 96 valence electrons. The monoisotopic (exact) mass is 265 g/mol. The molecule has 2 aromatic heterocycles. The fraction of sp³-hybridized carbons (Fsp3) is 0.583. The van der Waals surface area contributed by atoms with Gasteiger partial charge in [0.1, 0.15) is 11.8 Å². The van der Waals surface area contributed by atoms with Crippen LogP contribution in [0.4, 0.5) is 5.82 Å². The number of rotatable bonds is 2. The van der Waals surface area contributed by atoms with E-state index in [4.69, 9.17) is 11.6 Å². The predicted octanol–water partition coefficient (Wildman–Crippen LogP) is 2.34. The molecule has 3 rings (SSSR count). The third-order valence-electron chi connectivity index (χ3n) is 3.68. The molecule has 1 fully saturated rings. The molecule has 2 atom stereocenters. The fourth-order valence-electron chi connectivity index (χ4n) is 2.68. The van der Waals surface area contributed by atoms with Crippen LogP contribution < -0.4 is 4.90 Å². The van der Waals surface area contributed by atoms with Gasteiger partial charge in [-0.3, -0.25) is 0 Å². The quantitative estimate of drug-likeness (QED) is 0.847. The number of hydrogen-bond acceptors (Lipinski definition) is 4. The van der Waals surface area contributed by atoms with Gasteiger partial charge in [0, 0.05) is 13.1 Å². The Bertz CT molecular complexity index is 540. The highest BCUT2D eigenvalue weighted by Gasteiger charge is 2.28. The Morgan fingerprint density at radius 1 is 1.28 bits per heavy atom. The number of halogens is 1. The van der Waals surface area contributed by atoms with Gasteiger partial charge in [-0.2, -0.15) is 0 Å². The summed E-state index contributed by atoms with van der Waals surface area (Å²) in [7, 11) is 2.05. The molecular weight excluding hydrogens is 250 g/mol. The van der Waals surface area contributed by atoms with E-state index >= 15 is 0 Å². The normalized spacial score (nSPS) is 24.3. The summed E-state index contributed by atoms with van der Waals surface area (Å²) in [6.45, 7) is 0. The Hall–Kier alpha value is -1.36. The number of alkyl halides is 1. The third-order valence-corrected chi connectivity index (χ3v) is 4.19. The van der Waals surface area contributed by atoms with Crippen LogP contribution in [-0.4, -0.2) is 38.4 Å². The Morgan fingerprint density at radius 3 is 2.94 bits per heavy atom. The van der Waals surface area contributed by atoms with Crippen LogP contribution in [0.5, 0.6) is 0 Å². The molecule has 0 amide bonds. The first-order valence-corrected chi connectivity index (χ1v) is 6.72. The van der Waals surface area contributed by atoms with Crippen LogP contribution in [0.2, 0.25) is 0 Å². The Kier molecular flexibility index (Phi) is 3.07. The average Bonchev–Trinajstić information content (AvgIpc) is 2.86. The first kappa shape index (κ1) is 11.7. The van der Waals surface area contributed by atoms with E-state index in [1.54, 1.807) is 12.7 Å². The number of anilines is 1. The molecule has 2 aromatic rings. The molecule has 2 unspecified atom stereocenters. The van der Waals surface area contributed by atoms with E-state index in [9.17, 15) is 0 Å². The first-order chi connectivity index (χ1) is 8.77. The van der Waals surface area contributed by atoms with E-state index in [1.165, 1.54) is 12.8 Å². The van der Waals surface area contributed by atoms with E-state index in [1.807, 2.05) is 7.05 Å². The van der Waals surface area contributed by atoms with Crippen LogP contribution in [0.25, 0.3) is 11.2 Å². The zero-order valence-corrected chi connectivity index (χ0v) is 11.1. The van der Waals surface area contributed by atoms with Gasteiger partial charge in [0.2, 0.25) is 0 Å². The largest absolute Gasteiger partial charge is 0.353 e. The highest BCUT2D eigenvalue weighted by molar-refractivity contribution is 6.21. The van der Waals surface area contributed by atoms with Crippen molar-refractivity contribution in [3.8, 4) is 0 Å². The number of nitrogens with zero attached hydrogens (tertiary/aromatic N) is 4. The second-order valence-electron chi connectivity index (χ2n) is 4.78. The van der Waals surface area contributed by atoms with Crippen molar-refractivity contribution in [2.45, 2.75) is 37.1 Å². The summed E-state index contributed by atoms with van der Waals surface area (Å²) < 4.78 is 0. The van der Waals surface area contributed by atoms with Gasteiger partial charge in [0.15, 0.2) is 11.5 Å². The zero-order chi connectivity index (χ0) is 12.5. The van der Waals surface area contributed by atoms with Gasteiger partial charge in [-0.25, -0.2) is 15.0 Å². The molecule has 1 aliphatic rings. The summed E-state index contributed by atoms with van der Waals surface area (Å²) in [5.41, 5.74) is 1.59. The molecule has 6 heteroatoms. The molecular formula is C12H16ClN5. The molecule has 2 heterocycles. The van der Waals surface area contributed by atoms with E-state index in [0.717, 1.165) is 24.2 Å².